The van der Waals surface area contributed by atoms with Crippen molar-refractivity contribution in [3.63, 3.8) is 0 Å². The Kier molecular flexibility index (Phi) is 9.37. The minimum absolute atomic E-state index is 0. The van der Waals surface area contributed by atoms with E-state index in [0.29, 0.717) is 17.8 Å². The van der Waals surface area contributed by atoms with Gasteiger partial charge in [0.15, 0.2) is 5.96 Å². The van der Waals surface area contributed by atoms with Crippen molar-refractivity contribution in [3.8, 4) is 0 Å². The van der Waals surface area contributed by atoms with Crippen LogP contribution < -0.4 is 11.1 Å². The summed E-state index contributed by atoms with van der Waals surface area (Å²) in [5.74, 6) is 1.22. The van der Waals surface area contributed by atoms with Crippen LogP contribution in [0.1, 0.15) is 65.2 Å². The summed E-state index contributed by atoms with van der Waals surface area (Å²) in [5, 5.41) is 3.45. The molecular formula is C18H35IN4O. The van der Waals surface area contributed by atoms with E-state index in [4.69, 9.17) is 10.7 Å². The van der Waals surface area contributed by atoms with E-state index in [1.165, 1.54) is 32.1 Å². The first-order valence-electron chi connectivity index (χ1n) is 9.40. The minimum Gasteiger partial charge on any atom is -0.370 e. The number of carbonyl (C=O) groups excluding carboxylic acids is 1. The maximum absolute atomic E-state index is 11.2. The fourth-order valence-electron chi connectivity index (χ4n) is 4.13. The predicted molar refractivity (Wildman–Crippen MR) is 111 cm³/mol. The van der Waals surface area contributed by atoms with Gasteiger partial charge in [-0.05, 0) is 50.4 Å². The van der Waals surface area contributed by atoms with Gasteiger partial charge >= 0.3 is 0 Å². The summed E-state index contributed by atoms with van der Waals surface area (Å²) < 4.78 is 0. The van der Waals surface area contributed by atoms with Crippen LogP contribution in [0.3, 0.4) is 0 Å². The molecule has 1 aliphatic carbocycles. The van der Waals surface area contributed by atoms with Crippen molar-refractivity contribution < 1.29 is 4.79 Å². The third-order valence-corrected chi connectivity index (χ3v) is 5.62. The zero-order valence-electron chi connectivity index (χ0n) is 15.4. The molecule has 140 valence electrons. The summed E-state index contributed by atoms with van der Waals surface area (Å²) in [5.41, 5.74) is 5.80. The molecule has 1 amide bonds. The molecule has 24 heavy (non-hydrogen) atoms. The number of guanidine groups is 1. The zero-order chi connectivity index (χ0) is 16.7. The molecular weight excluding hydrogens is 415 g/mol. The molecule has 1 atom stereocenters. The van der Waals surface area contributed by atoms with Gasteiger partial charge in [0.1, 0.15) is 0 Å². The molecule has 6 heteroatoms. The molecule has 0 aromatic rings. The van der Waals surface area contributed by atoms with E-state index in [2.05, 4.69) is 24.1 Å². The van der Waals surface area contributed by atoms with Gasteiger partial charge in [-0.25, -0.2) is 0 Å². The summed E-state index contributed by atoms with van der Waals surface area (Å²) in [6.45, 7) is 8.16. The molecule has 1 saturated heterocycles. The summed E-state index contributed by atoms with van der Waals surface area (Å²) >= 11 is 0. The van der Waals surface area contributed by atoms with Gasteiger partial charge in [0.25, 0.3) is 0 Å². The number of halogens is 1. The number of nitrogens with two attached hydrogens (primary N) is 1. The molecule has 2 aliphatic rings. The third kappa shape index (κ3) is 6.08. The molecule has 1 aliphatic heterocycles. The second-order valence-electron chi connectivity index (χ2n) is 7.36. The smallest absolute Gasteiger partial charge is 0.217 e. The van der Waals surface area contributed by atoms with Crippen molar-refractivity contribution in [2.45, 2.75) is 65.2 Å². The first-order chi connectivity index (χ1) is 11.1. The van der Waals surface area contributed by atoms with Crippen LogP contribution in [0, 0.1) is 11.3 Å². The number of hydrogen-bond acceptors (Lipinski definition) is 2. The molecule has 2 fully saturated rings. The minimum atomic E-state index is -0.185. The number of hydrogen-bond donors (Lipinski definition) is 2. The maximum Gasteiger partial charge on any atom is 0.217 e. The SMILES string of the molecule is CCNC(=NCC1(CC)CCCC1)N1CCCC(CC(N)=O)C1.I. The van der Waals surface area contributed by atoms with Crippen molar-refractivity contribution in [3.05, 3.63) is 0 Å². The van der Waals surface area contributed by atoms with E-state index < -0.39 is 0 Å². The number of piperidine rings is 1. The topological polar surface area (TPSA) is 70.7 Å². The number of carbonyl (C=O) groups is 1. The van der Waals surface area contributed by atoms with Crippen molar-refractivity contribution in [1.29, 1.82) is 0 Å². The highest BCUT2D eigenvalue weighted by Gasteiger charge is 2.32. The largest absolute Gasteiger partial charge is 0.370 e. The number of rotatable bonds is 6. The third-order valence-electron chi connectivity index (χ3n) is 5.62. The molecule has 0 aromatic heterocycles. The monoisotopic (exact) mass is 450 g/mol. The van der Waals surface area contributed by atoms with Crippen molar-refractivity contribution in [2.24, 2.45) is 22.1 Å². The Morgan fingerprint density at radius 2 is 2.00 bits per heavy atom. The van der Waals surface area contributed by atoms with Gasteiger partial charge in [0, 0.05) is 32.6 Å². The van der Waals surface area contributed by atoms with Gasteiger partial charge in [-0.15, -0.1) is 24.0 Å². The summed E-state index contributed by atoms with van der Waals surface area (Å²) in [6, 6.07) is 0. The molecule has 0 radical (unpaired) electrons. The molecule has 5 nitrogen and oxygen atoms in total. The summed E-state index contributed by atoms with van der Waals surface area (Å²) in [6.07, 6.45) is 9.26. The van der Waals surface area contributed by atoms with Gasteiger partial charge in [-0.2, -0.15) is 0 Å². The first-order valence-corrected chi connectivity index (χ1v) is 9.40. The van der Waals surface area contributed by atoms with Gasteiger partial charge in [0.05, 0.1) is 0 Å². The fraction of sp³-hybridized carbons (Fsp3) is 0.889. The highest BCUT2D eigenvalue weighted by atomic mass is 127. The number of nitrogens with zero attached hydrogens (tertiary/aromatic N) is 2. The summed E-state index contributed by atoms with van der Waals surface area (Å²) in [7, 11) is 0. The zero-order valence-corrected chi connectivity index (χ0v) is 17.7. The first kappa shape index (κ1) is 21.5. The Morgan fingerprint density at radius 1 is 1.29 bits per heavy atom. The van der Waals surface area contributed by atoms with Crippen LogP contribution in [0.25, 0.3) is 0 Å². The summed E-state index contributed by atoms with van der Waals surface area (Å²) in [4.78, 5) is 18.5. The lowest BCUT2D eigenvalue weighted by Crippen LogP contribution is -2.47. The number of aliphatic imine (C=N–C) groups is 1. The lowest BCUT2D eigenvalue weighted by molar-refractivity contribution is -0.119. The number of primary amides is 1. The maximum atomic E-state index is 11.2. The van der Waals surface area contributed by atoms with E-state index in [9.17, 15) is 4.79 Å². The van der Waals surface area contributed by atoms with Gasteiger partial charge in [0.2, 0.25) is 5.91 Å². The normalized spacial score (nSPS) is 23.7. The predicted octanol–water partition coefficient (Wildman–Crippen LogP) is 3.13. The van der Waals surface area contributed by atoms with Gasteiger partial charge in [-0.3, -0.25) is 9.79 Å². The Bertz CT molecular complexity index is 421. The van der Waals surface area contributed by atoms with Crippen LogP contribution in [0.2, 0.25) is 0 Å². The Balaban J connectivity index is 0.00000288. The average molecular weight is 450 g/mol. The highest BCUT2D eigenvalue weighted by molar-refractivity contribution is 14.0. The highest BCUT2D eigenvalue weighted by Crippen LogP contribution is 2.41. The van der Waals surface area contributed by atoms with E-state index in [1.54, 1.807) is 0 Å². The molecule has 1 heterocycles. The van der Waals surface area contributed by atoms with Gasteiger partial charge < -0.3 is 16.0 Å². The molecule has 0 aromatic carbocycles. The van der Waals surface area contributed by atoms with Crippen LogP contribution in [0.5, 0.6) is 0 Å². The van der Waals surface area contributed by atoms with Crippen LogP contribution in [0.15, 0.2) is 4.99 Å². The number of nitrogens with one attached hydrogen (secondary N) is 1. The average Bonchev–Trinajstić information content (AvgIpc) is 3.00. The Hall–Kier alpha value is -0.530. The van der Waals surface area contributed by atoms with E-state index in [1.807, 2.05) is 0 Å². The Morgan fingerprint density at radius 3 is 2.58 bits per heavy atom. The number of amides is 1. The molecule has 3 N–H and O–H groups in total. The fourth-order valence-corrected chi connectivity index (χ4v) is 4.13. The number of likely N-dealkylation sites (tertiary alicyclic amines) is 1. The van der Waals surface area contributed by atoms with Crippen LogP contribution in [0.4, 0.5) is 0 Å². The second-order valence-corrected chi connectivity index (χ2v) is 7.36. The molecule has 1 saturated carbocycles. The van der Waals surface area contributed by atoms with E-state index in [-0.39, 0.29) is 29.9 Å². The molecule has 0 bridgehead atoms. The quantitative estimate of drug-likeness (QED) is 0.371. The lowest BCUT2D eigenvalue weighted by atomic mass is 9.83. The van der Waals surface area contributed by atoms with Crippen LogP contribution >= 0.6 is 24.0 Å². The molecule has 1 unspecified atom stereocenters. The standard InChI is InChI=1S/C18H34N4O.HI/c1-3-18(9-5-6-10-18)14-21-17(20-4-2)22-11-7-8-15(13-22)12-16(19)23;/h15H,3-14H2,1-2H3,(H2,19,23)(H,20,21);1H. The van der Waals surface area contributed by atoms with E-state index >= 15 is 0 Å². The Labute approximate surface area is 164 Å². The van der Waals surface area contributed by atoms with Crippen LogP contribution in [-0.4, -0.2) is 42.9 Å². The van der Waals surface area contributed by atoms with E-state index in [0.717, 1.165) is 45.0 Å². The van der Waals surface area contributed by atoms with Crippen molar-refractivity contribution >= 4 is 35.8 Å². The van der Waals surface area contributed by atoms with Crippen molar-refractivity contribution in [2.75, 3.05) is 26.2 Å². The van der Waals surface area contributed by atoms with Gasteiger partial charge in [-0.1, -0.05) is 19.8 Å². The lowest BCUT2D eigenvalue weighted by Gasteiger charge is -2.35. The second kappa shape index (κ2) is 10.5. The van der Waals surface area contributed by atoms with Crippen LogP contribution in [-0.2, 0) is 4.79 Å². The molecule has 2 rings (SSSR count). The van der Waals surface area contributed by atoms with Crippen molar-refractivity contribution in [1.82, 2.24) is 10.2 Å². The molecule has 0 spiro atoms.